The van der Waals surface area contributed by atoms with Crippen molar-refractivity contribution < 1.29 is 9.52 Å². The van der Waals surface area contributed by atoms with Gasteiger partial charge in [0, 0.05) is 10.9 Å². The molecule has 0 atom stereocenters. The highest BCUT2D eigenvalue weighted by Gasteiger charge is 2.10. The highest BCUT2D eigenvalue weighted by atomic mass is 16.4. The number of benzene rings is 2. The van der Waals surface area contributed by atoms with Crippen molar-refractivity contribution in [3.05, 3.63) is 81.9 Å². The van der Waals surface area contributed by atoms with Crippen molar-refractivity contribution in [1.29, 1.82) is 0 Å². The molecule has 1 aromatic heterocycles. The first-order valence-electron chi connectivity index (χ1n) is 7.02. The zero-order valence-corrected chi connectivity index (χ0v) is 12.2. The summed E-state index contributed by atoms with van der Waals surface area (Å²) < 4.78 is 5.33. The molecule has 0 aliphatic carbocycles. The summed E-state index contributed by atoms with van der Waals surface area (Å²) >= 11 is 0. The molecule has 3 nitrogen and oxygen atoms in total. The Morgan fingerprint density at radius 1 is 0.870 bits per heavy atom. The topological polar surface area (TPSA) is 50.4 Å². The van der Waals surface area contributed by atoms with E-state index >= 15 is 0 Å². The fourth-order valence-corrected chi connectivity index (χ4v) is 2.19. The van der Waals surface area contributed by atoms with Crippen LogP contribution in [0, 0.1) is 23.7 Å². The lowest BCUT2D eigenvalue weighted by Gasteiger charge is -2.01. The minimum absolute atomic E-state index is 0.207. The molecule has 3 rings (SSSR count). The molecule has 110 valence electrons. The minimum Gasteiger partial charge on any atom is -0.412 e. The van der Waals surface area contributed by atoms with Gasteiger partial charge in [-0.15, -0.1) is 0 Å². The Morgan fingerprint density at radius 3 is 2.30 bits per heavy atom. The lowest BCUT2D eigenvalue weighted by molar-refractivity contribution is 0.350. The first kappa shape index (κ1) is 14.7. The summed E-state index contributed by atoms with van der Waals surface area (Å²) in [5, 5.41) is 10.1. The number of aliphatic hydroxyl groups excluding tert-OH is 1. The molecule has 1 heterocycles. The van der Waals surface area contributed by atoms with E-state index in [2.05, 4.69) is 23.7 Å². The maximum Gasteiger partial charge on any atom is 0.344 e. The average Bonchev–Trinajstić information content (AvgIpc) is 2.60. The largest absolute Gasteiger partial charge is 0.412 e. The van der Waals surface area contributed by atoms with Crippen LogP contribution in [0.2, 0.25) is 0 Å². The van der Waals surface area contributed by atoms with E-state index in [-0.39, 0.29) is 12.4 Å². The molecule has 2 aromatic carbocycles. The third-order valence-electron chi connectivity index (χ3n) is 3.22. The Balaban J connectivity index is 2.24. The zero-order chi connectivity index (χ0) is 16.1. The van der Waals surface area contributed by atoms with Gasteiger partial charge in [0.15, 0.2) is 5.76 Å². The van der Waals surface area contributed by atoms with Crippen molar-refractivity contribution in [3.8, 4) is 23.7 Å². The summed E-state index contributed by atoms with van der Waals surface area (Å²) in [6, 6.07) is 16.5. The molecule has 0 saturated carbocycles. The van der Waals surface area contributed by atoms with Crippen LogP contribution in [0.3, 0.4) is 0 Å². The summed E-state index contributed by atoms with van der Waals surface area (Å²) in [6.45, 7) is -0.279. The van der Waals surface area contributed by atoms with Gasteiger partial charge in [-0.3, -0.25) is 0 Å². The molecule has 3 heteroatoms. The molecular formula is C20H12O3. The second kappa shape index (κ2) is 6.66. The van der Waals surface area contributed by atoms with E-state index < -0.39 is 5.63 Å². The van der Waals surface area contributed by atoms with Crippen molar-refractivity contribution in [1.82, 2.24) is 0 Å². The van der Waals surface area contributed by atoms with Crippen LogP contribution in [0.4, 0.5) is 0 Å². The number of fused-ring (bicyclic) bond motifs is 1. The van der Waals surface area contributed by atoms with Crippen molar-refractivity contribution in [3.63, 3.8) is 0 Å². The minimum atomic E-state index is -0.451. The molecule has 0 fully saturated rings. The van der Waals surface area contributed by atoms with Gasteiger partial charge in [0.25, 0.3) is 0 Å². The smallest absolute Gasteiger partial charge is 0.344 e. The lowest BCUT2D eigenvalue weighted by atomic mass is 10.1. The van der Waals surface area contributed by atoms with E-state index in [0.29, 0.717) is 16.3 Å². The molecule has 0 saturated heterocycles. The molecule has 0 spiro atoms. The Bertz CT molecular complexity index is 1020. The number of hydrogen-bond acceptors (Lipinski definition) is 3. The van der Waals surface area contributed by atoms with Crippen LogP contribution >= 0.6 is 0 Å². The molecular weight excluding hydrogens is 288 g/mol. The van der Waals surface area contributed by atoms with Crippen LogP contribution in [-0.4, -0.2) is 11.7 Å². The summed E-state index contributed by atoms with van der Waals surface area (Å²) in [6.07, 6.45) is 0. The van der Waals surface area contributed by atoms with Crippen LogP contribution in [0.1, 0.15) is 16.9 Å². The third-order valence-corrected chi connectivity index (χ3v) is 3.22. The molecule has 3 aromatic rings. The predicted molar refractivity (Wildman–Crippen MR) is 88.9 cm³/mol. The molecule has 23 heavy (non-hydrogen) atoms. The lowest BCUT2D eigenvalue weighted by Crippen LogP contribution is -2.03. The number of aliphatic hydroxyl groups is 1. The van der Waals surface area contributed by atoms with Gasteiger partial charge in [-0.1, -0.05) is 54.2 Å². The summed E-state index contributed by atoms with van der Waals surface area (Å²) in [4.78, 5) is 12.1. The van der Waals surface area contributed by atoms with E-state index in [9.17, 15) is 4.79 Å². The summed E-state index contributed by atoms with van der Waals surface area (Å²) in [5.41, 5.74) is 0.870. The average molecular weight is 300 g/mol. The first-order valence-corrected chi connectivity index (χ1v) is 7.02. The normalized spacial score (nSPS) is 9.61. The van der Waals surface area contributed by atoms with Gasteiger partial charge < -0.3 is 9.52 Å². The quantitative estimate of drug-likeness (QED) is 0.649. The summed E-state index contributed by atoms with van der Waals surface area (Å²) in [7, 11) is 0. The van der Waals surface area contributed by atoms with Gasteiger partial charge in [-0.2, -0.15) is 0 Å². The molecule has 0 aliphatic rings. The highest BCUT2D eigenvalue weighted by Crippen LogP contribution is 2.18. The van der Waals surface area contributed by atoms with Crippen molar-refractivity contribution in [2.75, 3.05) is 6.61 Å². The Labute approximate surface area is 133 Å². The fraction of sp³-hybridized carbons (Fsp3) is 0.0500. The Hall–Kier alpha value is -3.27. The molecule has 0 aliphatic heterocycles. The second-order valence-corrected chi connectivity index (χ2v) is 4.72. The highest BCUT2D eigenvalue weighted by molar-refractivity contribution is 5.88. The van der Waals surface area contributed by atoms with Gasteiger partial charge in [0.2, 0.25) is 0 Å². The molecule has 0 unspecified atom stereocenters. The zero-order valence-electron chi connectivity index (χ0n) is 12.2. The molecule has 0 bridgehead atoms. The van der Waals surface area contributed by atoms with E-state index in [0.717, 1.165) is 5.56 Å². The molecule has 0 amide bonds. The van der Waals surface area contributed by atoms with E-state index in [1.54, 1.807) is 18.2 Å². The predicted octanol–water partition coefficient (Wildman–Crippen LogP) is 2.54. The van der Waals surface area contributed by atoms with Crippen LogP contribution in [-0.2, 0) is 0 Å². The Kier molecular flexibility index (Phi) is 4.25. The fourth-order valence-electron chi connectivity index (χ4n) is 2.19. The van der Waals surface area contributed by atoms with Gasteiger partial charge in [-0.05, 0) is 24.1 Å². The monoisotopic (exact) mass is 300 g/mol. The van der Waals surface area contributed by atoms with Crippen LogP contribution in [0.5, 0.6) is 0 Å². The van der Waals surface area contributed by atoms with Crippen LogP contribution in [0.25, 0.3) is 10.8 Å². The van der Waals surface area contributed by atoms with Crippen molar-refractivity contribution >= 4 is 10.8 Å². The first-order chi connectivity index (χ1) is 11.3. The number of rotatable bonds is 0. The summed E-state index contributed by atoms with van der Waals surface area (Å²) in [5.74, 6) is 11.5. The van der Waals surface area contributed by atoms with Gasteiger partial charge in [0.05, 0.1) is 10.9 Å². The SMILES string of the molecule is O=c1oc(C#Cc2ccccc2)c(C#CCO)c2ccccc12. The van der Waals surface area contributed by atoms with Crippen molar-refractivity contribution in [2.24, 2.45) is 0 Å². The Morgan fingerprint density at radius 2 is 1.57 bits per heavy atom. The van der Waals surface area contributed by atoms with Crippen LogP contribution in [0.15, 0.2) is 63.8 Å². The molecule has 0 radical (unpaired) electrons. The van der Waals surface area contributed by atoms with E-state index in [1.807, 2.05) is 36.4 Å². The molecule has 1 N–H and O–H groups in total. The maximum atomic E-state index is 12.1. The maximum absolute atomic E-state index is 12.1. The standard InChI is InChI=1S/C20H12O3/c21-14-6-11-17-16-9-4-5-10-18(16)20(22)23-19(17)13-12-15-7-2-1-3-8-15/h1-5,7-10,21H,14H2. The van der Waals surface area contributed by atoms with Crippen LogP contribution < -0.4 is 5.63 Å². The van der Waals surface area contributed by atoms with Gasteiger partial charge in [-0.25, -0.2) is 4.79 Å². The number of hydrogen-bond donors (Lipinski definition) is 1. The van der Waals surface area contributed by atoms with E-state index in [4.69, 9.17) is 9.52 Å². The van der Waals surface area contributed by atoms with Crippen molar-refractivity contribution in [2.45, 2.75) is 0 Å². The van der Waals surface area contributed by atoms with Gasteiger partial charge >= 0.3 is 5.63 Å². The van der Waals surface area contributed by atoms with Gasteiger partial charge in [0.1, 0.15) is 6.61 Å². The van der Waals surface area contributed by atoms with E-state index in [1.165, 1.54) is 0 Å². The second-order valence-electron chi connectivity index (χ2n) is 4.72. The third kappa shape index (κ3) is 3.16.